The number of methoxy groups -OCH3 is 1. The first kappa shape index (κ1) is 23.5. The number of carbonyl (C=O) groups excluding carboxylic acids is 1. The standard InChI is InChI=1S/C26H35N7O2/c1-19-5-3-4-15-31(19)18-14-27-26(34)21-12-16-32(17-13-21)24-11-10-23-28-29-25(33(23)30-24)20-6-8-22(35-2)9-7-20/h6-11,19,21H,3-5,12-18H2,1-2H3,(H,27,34). The summed E-state index contributed by atoms with van der Waals surface area (Å²) in [5.41, 5.74) is 1.63. The second-order valence-electron chi connectivity index (χ2n) is 9.65. The average Bonchev–Trinajstić information content (AvgIpc) is 3.33. The molecule has 0 bridgehead atoms. The van der Waals surface area contributed by atoms with E-state index < -0.39 is 0 Å². The number of nitrogens with zero attached hydrogens (tertiary/aromatic N) is 6. The highest BCUT2D eigenvalue weighted by Gasteiger charge is 2.26. The zero-order valence-corrected chi connectivity index (χ0v) is 20.7. The second-order valence-corrected chi connectivity index (χ2v) is 9.65. The van der Waals surface area contributed by atoms with Crippen LogP contribution in [0.4, 0.5) is 5.82 Å². The fourth-order valence-corrected chi connectivity index (χ4v) is 5.20. The van der Waals surface area contributed by atoms with Crippen LogP contribution in [0.2, 0.25) is 0 Å². The number of benzene rings is 1. The Kier molecular flexibility index (Phi) is 7.13. The predicted octanol–water partition coefficient (Wildman–Crippen LogP) is 3.01. The van der Waals surface area contributed by atoms with Crippen LogP contribution in [0.3, 0.4) is 0 Å². The number of carbonyl (C=O) groups is 1. The van der Waals surface area contributed by atoms with Crippen LogP contribution in [0.5, 0.6) is 5.75 Å². The lowest BCUT2D eigenvalue weighted by molar-refractivity contribution is -0.125. The Bertz CT molecular complexity index is 1140. The minimum absolute atomic E-state index is 0.0681. The Balaban J connectivity index is 1.17. The number of anilines is 1. The van der Waals surface area contributed by atoms with Crippen molar-refractivity contribution in [3.63, 3.8) is 0 Å². The Morgan fingerprint density at radius 2 is 1.83 bits per heavy atom. The van der Waals surface area contributed by atoms with Gasteiger partial charge >= 0.3 is 0 Å². The fourth-order valence-electron chi connectivity index (χ4n) is 5.20. The van der Waals surface area contributed by atoms with E-state index in [-0.39, 0.29) is 11.8 Å². The number of aromatic nitrogens is 4. The third-order valence-electron chi connectivity index (χ3n) is 7.43. The summed E-state index contributed by atoms with van der Waals surface area (Å²) in [6, 6.07) is 12.3. The van der Waals surface area contributed by atoms with Gasteiger partial charge in [-0.2, -0.15) is 4.52 Å². The molecule has 2 saturated heterocycles. The maximum atomic E-state index is 12.8. The highest BCUT2D eigenvalue weighted by molar-refractivity contribution is 5.79. The molecular formula is C26H35N7O2. The Morgan fingerprint density at radius 1 is 1.03 bits per heavy atom. The van der Waals surface area contributed by atoms with Crippen molar-refractivity contribution in [3.8, 4) is 17.1 Å². The number of hydrogen-bond donors (Lipinski definition) is 1. The van der Waals surface area contributed by atoms with Crippen molar-refractivity contribution in [1.29, 1.82) is 0 Å². The average molecular weight is 478 g/mol. The Morgan fingerprint density at radius 3 is 2.57 bits per heavy atom. The van der Waals surface area contributed by atoms with Gasteiger partial charge in [0.15, 0.2) is 11.5 Å². The van der Waals surface area contributed by atoms with Crippen LogP contribution in [0.25, 0.3) is 17.0 Å². The molecule has 1 aromatic carbocycles. The topological polar surface area (TPSA) is 87.9 Å². The lowest BCUT2D eigenvalue weighted by Gasteiger charge is -2.34. The lowest BCUT2D eigenvalue weighted by atomic mass is 9.96. The molecule has 35 heavy (non-hydrogen) atoms. The molecular weight excluding hydrogens is 442 g/mol. The first-order valence-electron chi connectivity index (χ1n) is 12.8. The molecule has 0 radical (unpaired) electrons. The monoisotopic (exact) mass is 477 g/mol. The van der Waals surface area contributed by atoms with Crippen LogP contribution in [0.15, 0.2) is 36.4 Å². The molecule has 3 aromatic rings. The zero-order chi connectivity index (χ0) is 24.2. The molecule has 9 heteroatoms. The molecule has 9 nitrogen and oxygen atoms in total. The van der Waals surface area contributed by atoms with Gasteiger partial charge in [-0.3, -0.25) is 9.69 Å². The largest absolute Gasteiger partial charge is 0.497 e. The number of piperidine rings is 2. The molecule has 2 fully saturated rings. The molecule has 2 aromatic heterocycles. The number of nitrogens with one attached hydrogen (secondary N) is 1. The van der Waals surface area contributed by atoms with Crippen molar-refractivity contribution in [2.24, 2.45) is 5.92 Å². The highest BCUT2D eigenvalue weighted by atomic mass is 16.5. The first-order valence-corrected chi connectivity index (χ1v) is 12.8. The van der Waals surface area contributed by atoms with E-state index in [1.54, 1.807) is 11.6 Å². The van der Waals surface area contributed by atoms with Crippen LogP contribution < -0.4 is 15.0 Å². The molecule has 186 valence electrons. The van der Waals surface area contributed by atoms with Gasteiger partial charge in [-0.1, -0.05) is 6.42 Å². The fraction of sp³-hybridized carbons (Fsp3) is 0.538. The number of likely N-dealkylation sites (tertiary alicyclic amines) is 1. The number of rotatable bonds is 7. The summed E-state index contributed by atoms with van der Waals surface area (Å²) in [4.78, 5) is 17.5. The van der Waals surface area contributed by atoms with Crippen molar-refractivity contribution in [1.82, 2.24) is 30.0 Å². The summed E-state index contributed by atoms with van der Waals surface area (Å²) in [5, 5.41) is 16.6. The molecule has 5 rings (SSSR count). The Hall–Kier alpha value is -3.20. The second kappa shape index (κ2) is 10.6. The minimum Gasteiger partial charge on any atom is -0.497 e. The van der Waals surface area contributed by atoms with Crippen molar-refractivity contribution in [2.45, 2.75) is 45.1 Å². The normalized spacial score (nSPS) is 19.7. The van der Waals surface area contributed by atoms with E-state index in [0.29, 0.717) is 17.5 Å². The summed E-state index contributed by atoms with van der Waals surface area (Å²) in [5.74, 6) is 2.63. The van der Waals surface area contributed by atoms with Gasteiger partial charge in [-0.05, 0) is 75.5 Å². The quantitative estimate of drug-likeness (QED) is 0.560. The van der Waals surface area contributed by atoms with E-state index in [1.165, 1.54) is 19.3 Å². The van der Waals surface area contributed by atoms with Crippen LogP contribution in [-0.2, 0) is 4.79 Å². The lowest BCUT2D eigenvalue weighted by Crippen LogP contribution is -2.45. The molecule has 1 N–H and O–H groups in total. The van der Waals surface area contributed by atoms with Gasteiger partial charge in [-0.15, -0.1) is 15.3 Å². The molecule has 0 spiro atoms. The van der Waals surface area contributed by atoms with Crippen LogP contribution in [-0.4, -0.2) is 76.5 Å². The van der Waals surface area contributed by atoms with Gasteiger partial charge in [0.25, 0.3) is 0 Å². The first-order chi connectivity index (χ1) is 17.1. The van der Waals surface area contributed by atoms with E-state index in [9.17, 15) is 4.79 Å². The van der Waals surface area contributed by atoms with Gasteiger partial charge in [0.1, 0.15) is 11.6 Å². The highest BCUT2D eigenvalue weighted by Crippen LogP contribution is 2.25. The molecule has 2 aliphatic rings. The summed E-state index contributed by atoms with van der Waals surface area (Å²) in [7, 11) is 1.65. The SMILES string of the molecule is COc1ccc(-c2nnc3ccc(N4CCC(C(=O)NCCN5CCCCC5C)CC4)nn23)cc1. The molecule has 0 aliphatic carbocycles. The molecule has 2 aliphatic heterocycles. The van der Waals surface area contributed by atoms with Crippen LogP contribution >= 0.6 is 0 Å². The van der Waals surface area contributed by atoms with Crippen LogP contribution in [0, 0.1) is 5.92 Å². The van der Waals surface area contributed by atoms with E-state index in [1.807, 2.05) is 36.4 Å². The summed E-state index contributed by atoms with van der Waals surface area (Å²) in [6.45, 7) is 6.75. The van der Waals surface area contributed by atoms with E-state index in [0.717, 1.165) is 62.7 Å². The molecule has 1 amide bonds. The molecule has 0 saturated carbocycles. The van der Waals surface area contributed by atoms with Crippen LogP contribution in [0.1, 0.15) is 39.0 Å². The molecule has 1 atom stereocenters. The zero-order valence-electron chi connectivity index (χ0n) is 20.7. The Labute approximate surface area is 206 Å². The maximum absolute atomic E-state index is 12.8. The van der Waals surface area contributed by atoms with Gasteiger partial charge in [-0.25, -0.2) is 0 Å². The summed E-state index contributed by atoms with van der Waals surface area (Å²) >= 11 is 0. The van der Waals surface area contributed by atoms with Crippen molar-refractivity contribution >= 4 is 17.4 Å². The van der Waals surface area contributed by atoms with E-state index in [2.05, 4.69) is 32.2 Å². The van der Waals surface area contributed by atoms with Crippen molar-refractivity contribution < 1.29 is 9.53 Å². The van der Waals surface area contributed by atoms with Gasteiger partial charge in [0.05, 0.1) is 7.11 Å². The van der Waals surface area contributed by atoms with Gasteiger partial charge in [0, 0.05) is 43.7 Å². The van der Waals surface area contributed by atoms with E-state index >= 15 is 0 Å². The maximum Gasteiger partial charge on any atom is 0.223 e. The van der Waals surface area contributed by atoms with E-state index in [4.69, 9.17) is 9.84 Å². The summed E-state index contributed by atoms with van der Waals surface area (Å²) in [6.07, 6.45) is 5.53. The summed E-state index contributed by atoms with van der Waals surface area (Å²) < 4.78 is 7.04. The van der Waals surface area contributed by atoms with Crippen molar-refractivity contribution in [2.75, 3.05) is 44.7 Å². The third-order valence-corrected chi connectivity index (χ3v) is 7.43. The predicted molar refractivity (Wildman–Crippen MR) is 136 cm³/mol. The number of hydrogen-bond acceptors (Lipinski definition) is 7. The number of amides is 1. The van der Waals surface area contributed by atoms with Gasteiger partial charge < -0.3 is 15.0 Å². The third kappa shape index (κ3) is 5.24. The molecule has 4 heterocycles. The smallest absolute Gasteiger partial charge is 0.223 e. The molecule has 1 unspecified atom stereocenters. The van der Waals surface area contributed by atoms with Gasteiger partial charge in [0.2, 0.25) is 5.91 Å². The number of ether oxygens (including phenoxy) is 1. The number of fused-ring (bicyclic) bond motifs is 1. The minimum atomic E-state index is 0.0681. The van der Waals surface area contributed by atoms with Crippen molar-refractivity contribution in [3.05, 3.63) is 36.4 Å².